The zero-order chi connectivity index (χ0) is 11.6. The molecule has 1 aromatic rings. The van der Waals surface area contributed by atoms with Gasteiger partial charge in [0, 0.05) is 10.5 Å². The molecule has 0 spiro atoms. The predicted molar refractivity (Wildman–Crippen MR) is 61.0 cm³/mol. The third kappa shape index (κ3) is 3.01. The Morgan fingerprint density at radius 1 is 1.47 bits per heavy atom. The second kappa shape index (κ2) is 5.07. The Bertz CT molecular complexity index is 382. The van der Waals surface area contributed by atoms with Crippen LogP contribution in [0.1, 0.15) is 29.3 Å². The van der Waals surface area contributed by atoms with Gasteiger partial charge in [-0.3, -0.25) is 4.79 Å². The van der Waals surface area contributed by atoms with Crippen LogP contribution in [0.25, 0.3) is 0 Å². The molecule has 0 heterocycles. The molecule has 0 saturated carbocycles. The minimum atomic E-state index is -2.58. The van der Waals surface area contributed by atoms with Crippen LogP contribution >= 0.6 is 28.6 Å². The van der Waals surface area contributed by atoms with Crippen molar-refractivity contribution in [1.29, 1.82) is 0 Å². The van der Waals surface area contributed by atoms with Gasteiger partial charge < -0.3 is 0 Å². The lowest BCUT2D eigenvalue weighted by molar-refractivity contribution is -0.116. The molecule has 1 unspecified atom stereocenters. The molecule has 0 aliphatic heterocycles. The topological polar surface area (TPSA) is 17.1 Å². The van der Waals surface area contributed by atoms with Crippen LogP contribution in [0.3, 0.4) is 0 Å². The summed E-state index contributed by atoms with van der Waals surface area (Å²) in [6.07, 6.45) is -2.58. The Balaban J connectivity index is 3.13. The molecule has 0 N–H and O–H groups in total. The highest BCUT2D eigenvalue weighted by Gasteiger charge is 2.17. The molecule has 0 aliphatic rings. The van der Waals surface area contributed by atoms with E-state index in [1.807, 2.05) is 0 Å². The number of Topliss-reactive ketones (excluding diaryl/α,β-unsaturated/α-hetero) is 1. The van der Waals surface area contributed by atoms with Crippen LogP contribution in [0.4, 0.5) is 8.78 Å². The van der Waals surface area contributed by atoms with Crippen molar-refractivity contribution in [3.63, 3.8) is 0 Å². The van der Waals surface area contributed by atoms with Gasteiger partial charge in [-0.25, -0.2) is 8.78 Å². The van der Waals surface area contributed by atoms with Crippen LogP contribution in [0.15, 0.2) is 23.1 Å². The molecule has 1 aromatic carbocycles. The Kier molecular flexibility index (Phi) is 4.28. The van der Waals surface area contributed by atoms with Crippen LogP contribution in [-0.2, 0) is 4.79 Å². The van der Waals surface area contributed by atoms with E-state index in [4.69, 9.17) is 0 Å². The van der Waals surface area contributed by atoms with Crippen molar-refractivity contribution in [3.8, 4) is 0 Å². The smallest absolute Gasteiger partial charge is 0.264 e. The standard InChI is InChI=1S/C10H9BrF2OS/c1-5(14)9(11)6-2-3-8(15)7(4-6)10(12)13/h2-4,9-10,15H,1H3. The van der Waals surface area contributed by atoms with Crippen molar-refractivity contribution in [2.75, 3.05) is 0 Å². The second-order valence-corrected chi connectivity index (χ2v) is 4.49. The van der Waals surface area contributed by atoms with Crippen molar-refractivity contribution >= 4 is 34.3 Å². The van der Waals surface area contributed by atoms with Gasteiger partial charge in [0.25, 0.3) is 6.43 Å². The van der Waals surface area contributed by atoms with E-state index in [0.29, 0.717) is 5.56 Å². The first-order chi connectivity index (χ1) is 6.93. The lowest BCUT2D eigenvalue weighted by atomic mass is 10.1. The summed E-state index contributed by atoms with van der Waals surface area (Å²) in [5.74, 6) is -0.123. The zero-order valence-electron chi connectivity index (χ0n) is 7.88. The van der Waals surface area contributed by atoms with Gasteiger partial charge in [-0.1, -0.05) is 22.0 Å². The minimum absolute atomic E-state index is 0.123. The molecule has 0 aliphatic carbocycles. The maximum absolute atomic E-state index is 12.5. The van der Waals surface area contributed by atoms with Gasteiger partial charge in [-0.05, 0) is 24.6 Å². The molecule has 0 bridgehead atoms. The van der Waals surface area contributed by atoms with Gasteiger partial charge in [-0.15, -0.1) is 12.6 Å². The number of carbonyl (C=O) groups is 1. The SMILES string of the molecule is CC(=O)C(Br)c1ccc(S)c(C(F)F)c1. The van der Waals surface area contributed by atoms with Crippen molar-refractivity contribution in [2.24, 2.45) is 0 Å². The second-order valence-electron chi connectivity index (χ2n) is 3.09. The summed E-state index contributed by atoms with van der Waals surface area (Å²) in [6.45, 7) is 1.40. The first-order valence-corrected chi connectivity index (χ1v) is 5.55. The number of alkyl halides is 3. The molecule has 0 aromatic heterocycles. The third-order valence-electron chi connectivity index (χ3n) is 1.94. The summed E-state index contributed by atoms with van der Waals surface area (Å²) >= 11 is 7.06. The summed E-state index contributed by atoms with van der Waals surface area (Å²) in [5.41, 5.74) is 0.372. The maximum Gasteiger partial charge on any atom is 0.264 e. The number of rotatable bonds is 3. The first kappa shape index (κ1) is 12.6. The van der Waals surface area contributed by atoms with E-state index in [0.717, 1.165) is 0 Å². The van der Waals surface area contributed by atoms with Gasteiger partial charge in [0.2, 0.25) is 0 Å². The lowest BCUT2D eigenvalue weighted by Gasteiger charge is -2.10. The fourth-order valence-electron chi connectivity index (χ4n) is 1.14. The zero-order valence-corrected chi connectivity index (χ0v) is 10.4. The summed E-state index contributed by atoms with van der Waals surface area (Å²) in [4.78, 5) is 10.8. The number of halogens is 3. The molecule has 5 heteroatoms. The predicted octanol–water partition coefficient (Wildman–Crippen LogP) is 3.94. The maximum atomic E-state index is 12.5. The quantitative estimate of drug-likeness (QED) is 0.660. The van der Waals surface area contributed by atoms with Gasteiger partial charge in [0.15, 0.2) is 0 Å². The normalized spacial score (nSPS) is 12.9. The number of ketones is 1. The molecular formula is C10H9BrF2OS. The van der Waals surface area contributed by atoms with E-state index in [-0.39, 0.29) is 16.2 Å². The molecule has 0 saturated heterocycles. The van der Waals surface area contributed by atoms with Crippen LogP contribution in [0.2, 0.25) is 0 Å². The van der Waals surface area contributed by atoms with Crippen molar-refractivity contribution < 1.29 is 13.6 Å². The summed E-state index contributed by atoms with van der Waals surface area (Å²) < 4.78 is 25.0. The highest BCUT2D eigenvalue weighted by atomic mass is 79.9. The number of hydrogen-bond acceptors (Lipinski definition) is 2. The van der Waals surface area contributed by atoms with Crippen molar-refractivity contribution in [2.45, 2.75) is 23.1 Å². The van der Waals surface area contributed by atoms with Gasteiger partial charge in [-0.2, -0.15) is 0 Å². The molecule has 1 rings (SSSR count). The minimum Gasteiger partial charge on any atom is -0.298 e. The highest BCUT2D eigenvalue weighted by molar-refractivity contribution is 9.09. The van der Waals surface area contributed by atoms with E-state index >= 15 is 0 Å². The van der Waals surface area contributed by atoms with E-state index < -0.39 is 11.3 Å². The van der Waals surface area contributed by atoms with Gasteiger partial charge in [0.05, 0.1) is 4.83 Å². The molecular weight excluding hydrogens is 286 g/mol. The number of carbonyl (C=O) groups excluding carboxylic acids is 1. The number of hydrogen-bond donors (Lipinski definition) is 1. The summed E-state index contributed by atoms with van der Waals surface area (Å²) in [7, 11) is 0. The van der Waals surface area contributed by atoms with E-state index in [1.165, 1.54) is 19.1 Å². The molecule has 1 atom stereocenters. The molecule has 82 valence electrons. The highest BCUT2D eigenvalue weighted by Crippen LogP contribution is 2.31. The monoisotopic (exact) mass is 294 g/mol. The van der Waals surface area contributed by atoms with Gasteiger partial charge in [0.1, 0.15) is 5.78 Å². The van der Waals surface area contributed by atoms with E-state index in [9.17, 15) is 13.6 Å². The van der Waals surface area contributed by atoms with Crippen LogP contribution in [-0.4, -0.2) is 5.78 Å². The van der Waals surface area contributed by atoms with E-state index in [1.54, 1.807) is 6.07 Å². The number of benzene rings is 1. The molecule has 0 amide bonds. The summed E-state index contributed by atoms with van der Waals surface area (Å²) in [5, 5.41) is 0. The Morgan fingerprint density at radius 2 is 2.07 bits per heavy atom. The molecule has 0 fully saturated rings. The molecule has 15 heavy (non-hydrogen) atoms. The lowest BCUT2D eigenvalue weighted by Crippen LogP contribution is -2.02. The Hall–Kier alpha value is -0.420. The Morgan fingerprint density at radius 3 is 2.53 bits per heavy atom. The molecule has 0 radical (unpaired) electrons. The van der Waals surface area contributed by atoms with Crippen molar-refractivity contribution in [1.82, 2.24) is 0 Å². The fraction of sp³-hybridized carbons (Fsp3) is 0.300. The van der Waals surface area contributed by atoms with Crippen LogP contribution in [0.5, 0.6) is 0 Å². The van der Waals surface area contributed by atoms with Crippen molar-refractivity contribution in [3.05, 3.63) is 29.3 Å². The average Bonchev–Trinajstić information content (AvgIpc) is 2.16. The van der Waals surface area contributed by atoms with Crippen LogP contribution < -0.4 is 0 Å². The molecule has 1 nitrogen and oxygen atoms in total. The fourth-order valence-corrected chi connectivity index (χ4v) is 1.66. The summed E-state index contributed by atoms with van der Waals surface area (Å²) in [6, 6.07) is 4.37. The number of thiol groups is 1. The first-order valence-electron chi connectivity index (χ1n) is 4.19. The van der Waals surface area contributed by atoms with Gasteiger partial charge >= 0.3 is 0 Å². The Labute approximate surface area is 100 Å². The van der Waals surface area contributed by atoms with Crippen LogP contribution in [0, 0.1) is 0 Å². The largest absolute Gasteiger partial charge is 0.298 e. The third-order valence-corrected chi connectivity index (χ3v) is 3.52. The average molecular weight is 295 g/mol. The van der Waals surface area contributed by atoms with E-state index in [2.05, 4.69) is 28.6 Å².